The van der Waals surface area contributed by atoms with Crippen molar-refractivity contribution in [3.05, 3.63) is 62.8 Å². The Balaban J connectivity index is 2.30. The second kappa shape index (κ2) is 7.38. The summed E-state index contributed by atoms with van der Waals surface area (Å²) in [4.78, 5) is 0. The van der Waals surface area contributed by atoms with E-state index in [0.717, 1.165) is 16.5 Å². The molecule has 0 fully saturated rings. The number of nitrogens with two attached hydrogens (primary N) is 1. The zero-order chi connectivity index (χ0) is 15.4. The number of rotatable bonds is 5. The van der Waals surface area contributed by atoms with Crippen LogP contribution in [0.1, 0.15) is 25.0 Å². The van der Waals surface area contributed by atoms with Gasteiger partial charge in [-0.15, -0.1) is 0 Å². The Kier molecular flexibility index (Phi) is 5.79. The van der Waals surface area contributed by atoms with Crippen LogP contribution < -0.4 is 10.5 Å². The van der Waals surface area contributed by atoms with Gasteiger partial charge >= 0.3 is 0 Å². The fourth-order valence-electron chi connectivity index (χ4n) is 2.00. The third-order valence-electron chi connectivity index (χ3n) is 3.19. The Bertz CT molecular complexity index is 621. The lowest BCUT2D eigenvalue weighted by Crippen LogP contribution is -2.31. The Morgan fingerprint density at radius 1 is 1.19 bits per heavy atom. The summed E-state index contributed by atoms with van der Waals surface area (Å²) < 4.78 is 20.9. The molecular weight excluding hydrogens is 401 g/mol. The van der Waals surface area contributed by atoms with Gasteiger partial charge in [0.1, 0.15) is 17.7 Å². The van der Waals surface area contributed by atoms with Crippen LogP contribution in [0.2, 0.25) is 0 Å². The highest BCUT2D eigenvalue weighted by atomic mass is 79.9. The fourth-order valence-corrected chi connectivity index (χ4v) is 2.66. The Morgan fingerprint density at radius 3 is 2.57 bits per heavy atom. The molecule has 2 rings (SSSR count). The molecule has 112 valence electrons. The first-order valence-electron chi connectivity index (χ1n) is 6.64. The van der Waals surface area contributed by atoms with Gasteiger partial charge in [0, 0.05) is 16.6 Å². The fraction of sp³-hybridized carbons (Fsp3) is 0.250. The van der Waals surface area contributed by atoms with Crippen molar-refractivity contribution in [3.63, 3.8) is 0 Å². The molecule has 2 aromatic carbocycles. The molecule has 2 nitrogen and oxygen atoms in total. The summed E-state index contributed by atoms with van der Waals surface area (Å²) in [6, 6.07) is 12.3. The van der Waals surface area contributed by atoms with Crippen molar-refractivity contribution in [1.29, 1.82) is 0 Å². The summed E-state index contributed by atoms with van der Waals surface area (Å²) in [5.74, 6) is 0.107. The van der Waals surface area contributed by atoms with Gasteiger partial charge in [-0.05, 0) is 52.2 Å². The van der Waals surface area contributed by atoms with Crippen LogP contribution in [-0.4, -0.2) is 6.04 Å². The van der Waals surface area contributed by atoms with Crippen molar-refractivity contribution >= 4 is 31.9 Å². The molecule has 21 heavy (non-hydrogen) atoms. The van der Waals surface area contributed by atoms with E-state index in [9.17, 15) is 4.39 Å². The number of halogens is 3. The zero-order valence-electron chi connectivity index (χ0n) is 11.5. The second-order valence-electron chi connectivity index (χ2n) is 4.74. The van der Waals surface area contributed by atoms with Crippen molar-refractivity contribution in [2.24, 2.45) is 5.73 Å². The minimum absolute atomic E-state index is 0.175. The lowest BCUT2D eigenvalue weighted by Gasteiger charge is -2.25. The molecule has 2 unspecified atom stereocenters. The van der Waals surface area contributed by atoms with Gasteiger partial charge in [-0.25, -0.2) is 4.39 Å². The quantitative estimate of drug-likeness (QED) is 0.726. The average Bonchev–Trinajstić information content (AvgIpc) is 2.47. The van der Waals surface area contributed by atoms with E-state index in [1.54, 1.807) is 12.1 Å². The molecule has 0 saturated heterocycles. The predicted octanol–water partition coefficient (Wildman–Crippen LogP) is 5.21. The highest BCUT2D eigenvalue weighted by molar-refractivity contribution is 9.10. The van der Waals surface area contributed by atoms with Gasteiger partial charge in [-0.1, -0.05) is 35.0 Å². The van der Waals surface area contributed by atoms with Crippen molar-refractivity contribution in [3.8, 4) is 5.75 Å². The van der Waals surface area contributed by atoms with Crippen LogP contribution in [0.4, 0.5) is 4.39 Å². The van der Waals surface area contributed by atoms with Crippen LogP contribution in [0, 0.1) is 5.82 Å². The van der Waals surface area contributed by atoms with Crippen LogP contribution in [0.5, 0.6) is 5.75 Å². The van der Waals surface area contributed by atoms with Crippen molar-refractivity contribution in [2.45, 2.75) is 25.5 Å². The molecule has 5 heteroatoms. The molecule has 2 atom stereocenters. The number of hydrogen-bond acceptors (Lipinski definition) is 2. The van der Waals surface area contributed by atoms with Gasteiger partial charge < -0.3 is 10.5 Å². The molecule has 0 amide bonds. The molecule has 0 aliphatic carbocycles. The lowest BCUT2D eigenvalue weighted by atomic mass is 10.0. The first-order chi connectivity index (χ1) is 10.0. The van der Waals surface area contributed by atoms with Crippen molar-refractivity contribution < 1.29 is 9.13 Å². The van der Waals surface area contributed by atoms with Crippen LogP contribution in [0.15, 0.2) is 51.4 Å². The highest BCUT2D eigenvalue weighted by Crippen LogP contribution is 2.29. The van der Waals surface area contributed by atoms with E-state index in [2.05, 4.69) is 31.9 Å². The van der Waals surface area contributed by atoms with Crippen LogP contribution in [0.25, 0.3) is 0 Å². The van der Waals surface area contributed by atoms with Gasteiger partial charge in [-0.3, -0.25) is 0 Å². The first kappa shape index (κ1) is 16.5. The number of benzene rings is 2. The van der Waals surface area contributed by atoms with Crippen LogP contribution >= 0.6 is 31.9 Å². The van der Waals surface area contributed by atoms with E-state index in [1.807, 2.05) is 31.2 Å². The predicted molar refractivity (Wildman–Crippen MR) is 89.9 cm³/mol. The van der Waals surface area contributed by atoms with Gasteiger partial charge in [-0.2, -0.15) is 0 Å². The number of ether oxygens (including phenoxy) is 1. The topological polar surface area (TPSA) is 35.2 Å². The van der Waals surface area contributed by atoms with Gasteiger partial charge in [0.25, 0.3) is 0 Å². The summed E-state index contributed by atoms with van der Waals surface area (Å²) in [5.41, 5.74) is 7.13. The lowest BCUT2D eigenvalue weighted by molar-refractivity contribution is 0.170. The summed E-state index contributed by atoms with van der Waals surface area (Å²) in [7, 11) is 0. The molecule has 2 aromatic rings. The van der Waals surface area contributed by atoms with E-state index >= 15 is 0 Å². The van der Waals surface area contributed by atoms with E-state index in [1.165, 1.54) is 6.07 Å². The molecule has 0 heterocycles. The molecule has 0 aliphatic rings. The molecular formula is C16H16Br2FNO. The van der Waals surface area contributed by atoms with Gasteiger partial charge in [0.05, 0.1) is 4.47 Å². The van der Waals surface area contributed by atoms with Crippen LogP contribution in [0.3, 0.4) is 0 Å². The maximum absolute atomic E-state index is 13.6. The summed E-state index contributed by atoms with van der Waals surface area (Å²) in [6.45, 7) is 2.00. The third kappa shape index (κ3) is 4.28. The maximum Gasteiger partial charge on any atom is 0.141 e. The smallest absolute Gasteiger partial charge is 0.141 e. The van der Waals surface area contributed by atoms with E-state index in [4.69, 9.17) is 10.5 Å². The highest BCUT2D eigenvalue weighted by Gasteiger charge is 2.21. The molecule has 0 saturated carbocycles. The Hall–Kier alpha value is -0.910. The molecule has 0 aliphatic heterocycles. The van der Waals surface area contributed by atoms with Crippen LogP contribution in [-0.2, 0) is 0 Å². The largest absolute Gasteiger partial charge is 0.484 e. The zero-order valence-corrected chi connectivity index (χ0v) is 14.7. The van der Waals surface area contributed by atoms with E-state index in [-0.39, 0.29) is 18.0 Å². The van der Waals surface area contributed by atoms with Crippen molar-refractivity contribution in [1.82, 2.24) is 0 Å². The number of hydrogen-bond donors (Lipinski definition) is 1. The normalized spacial score (nSPS) is 13.8. The molecule has 2 N–H and O–H groups in total. The molecule has 0 radical (unpaired) electrons. The van der Waals surface area contributed by atoms with E-state index < -0.39 is 0 Å². The SMILES string of the molecule is CCC(N)C(Oc1ccc(Br)c(F)c1)c1cccc(Br)c1. The first-order valence-corrected chi connectivity index (χ1v) is 8.22. The molecule has 0 spiro atoms. The van der Waals surface area contributed by atoms with E-state index in [0.29, 0.717) is 10.2 Å². The Labute approximate surface area is 140 Å². The summed E-state index contributed by atoms with van der Waals surface area (Å²) >= 11 is 6.58. The standard InChI is InChI=1S/C16H16Br2FNO/c1-2-15(20)16(10-4-3-5-11(17)8-10)21-12-6-7-13(18)14(19)9-12/h3-9,15-16H,2,20H2,1H3. The summed E-state index contributed by atoms with van der Waals surface area (Å²) in [5, 5.41) is 0. The third-order valence-corrected chi connectivity index (χ3v) is 4.33. The second-order valence-corrected chi connectivity index (χ2v) is 6.51. The van der Waals surface area contributed by atoms with Gasteiger partial charge in [0.15, 0.2) is 0 Å². The summed E-state index contributed by atoms with van der Waals surface area (Å²) in [6.07, 6.45) is 0.434. The van der Waals surface area contributed by atoms with Crippen molar-refractivity contribution in [2.75, 3.05) is 0 Å². The molecule has 0 aromatic heterocycles. The van der Waals surface area contributed by atoms with Gasteiger partial charge in [0.2, 0.25) is 0 Å². The minimum Gasteiger partial charge on any atom is -0.484 e. The maximum atomic E-state index is 13.6. The monoisotopic (exact) mass is 415 g/mol. The average molecular weight is 417 g/mol. The molecule has 0 bridgehead atoms. The minimum atomic E-state index is -0.356. The Morgan fingerprint density at radius 2 is 1.95 bits per heavy atom.